The number of rotatable bonds is 10. The predicted molar refractivity (Wildman–Crippen MR) is 151 cm³/mol. The summed E-state index contributed by atoms with van der Waals surface area (Å²) >= 11 is 0.956. The molecule has 9 nitrogen and oxygen atoms in total. The van der Waals surface area contributed by atoms with Crippen LogP contribution in [0.1, 0.15) is 43.3 Å². The van der Waals surface area contributed by atoms with E-state index in [2.05, 4.69) is 10.6 Å². The zero-order valence-corrected chi connectivity index (χ0v) is 23.4. The number of benzene rings is 2. The summed E-state index contributed by atoms with van der Waals surface area (Å²) in [6.45, 7) is 2.00. The largest absolute Gasteiger partial charge is 0.467 e. The van der Waals surface area contributed by atoms with Crippen molar-refractivity contribution in [2.45, 2.75) is 37.8 Å². The van der Waals surface area contributed by atoms with Gasteiger partial charge in [-0.15, -0.1) is 11.3 Å². The summed E-state index contributed by atoms with van der Waals surface area (Å²) in [5, 5.41) is 5.35. The first-order valence-electron chi connectivity index (χ1n) is 12.9. The molecule has 0 unspecified atom stereocenters. The lowest BCUT2D eigenvalue weighted by Crippen LogP contribution is -2.43. The molecule has 2 N–H and O–H groups in total. The lowest BCUT2D eigenvalue weighted by Gasteiger charge is -2.16. The Balaban J connectivity index is 0.000000792. The Morgan fingerprint density at radius 2 is 1.10 bits per heavy atom. The fourth-order valence-corrected chi connectivity index (χ4v) is 4.73. The molecule has 2 amide bonds. The van der Waals surface area contributed by atoms with Crippen LogP contribution in [-0.2, 0) is 36.6 Å². The summed E-state index contributed by atoms with van der Waals surface area (Å²) in [7, 11) is 2.51. The van der Waals surface area contributed by atoms with Gasteiger partial charge in [0.2, 0.25) is 0 Å². The SMILES string of the molecule is C1CCOC1.COC(=O)[C@H](Cc1ccccc1)NC(=O)c1ccc(C(=O)N[C@@H](Cc2ccccc2)C(=O)OC)s1. The van der Waals surface area contributed by atoms with Gasteiger partial charge in [0.05, 0.1) is 24.0 Å². The van der Waals surface area contributed by atoms with E-state index in [0.717, 1.165) is 35.7 Å². The number of carbonyl (C=O) groups excluding carboxylic acids is 4. The topological polar surface area (TPSA) is 120 Å². The third-order valence-corrected chi connectivity index (χ3v) is 7.11. The molecule has 1 saturated heterocycles. The highest BCUT2D eigenvalue weighted by molar-refractivity contribution is 7.16. The number of hydrogen-bond acceptors (Lipinski definition) is 8. The first-order valence-corrected chi connectivity index (χ1v) is 13.8. The molecular weight excluding hydrogens is 532 g/mol. The number of amides is 2. The highest BCUT2D eigenvalue weighted by atomic mass is 32.1. The van der Waals surface area contributed by atoms with Crippen molar-refractivity contribution >= 4 is 35.1 Å². The van der Waals surface area contributed by atoms with Crippen LogP contribution in [0.2, 0.25) is 0 Å². The summed E-state index contributed by atoms with van der Waals surface area (Å²) < 4.78 is 14.6. The summed E-state index contributed by atoms with van der Waals surface area (Å²) in [5.41, 5.74) is 1.73. The van der Waals surface area contributed by atoms with Crippen molar-refractivity contribution in [2.24, 2.45) is 0 Å². The molecule has 40 heavy (non-hydrogen) atoms. The molecule has 10 heteroatoms. The fourth-order valence-electron chi connectivity index (χ4n) is 3.92. The number of esters is 2. The zero-order chi connectivity index (χ0) is 28.7. The van der Waals surface area contributed by atoms with Gasteiger partial charge in [-0.2, -0.15) is 0 Å². The lowest BCUT2D eigenvalue weighted by atomic mass is 10.1. The van der Waals surface area contributed by atoms with Crippen LogP contribution in [0.3, 0.4) is 0 Å². The molecule has 1 aliphatic heterocycles. The van der Waals surface area contributed by atoms with Crippen LogP contribution in [0.5, 0.6) is 0 Å². The van der Waals surface area contributed by atoms with E-state index in [1.54, 1.807) is 0 Å². The van der Waals surface area contributed by atoms with Crippen molar-refractivity contribution in [3.63, 3.8) is 0 Å². The van der Waals surface area contributed by atoms with Crippen LogP contribution in [-0.4, -0.2) is 63.3 Å². The van der Waals surface area contributed by atoms with Gasteiger partial charge in [0.15, 0.2) is 0 Å². The van der Waals surface area contributed by atoms with Crippen molar-refractivity contribution < 1.29 is 33.4 Å². The van der Waals surface area contributed by atoms with Crippen LogP contribution in [0.4, 0.5) is 0 Å². The number of carbonyl (C=O) groups is 4. The molecule has 1 fully saturated rings. The zero-order valence-electron chi connectivity index (χ0n) is 22.6. The summed E-state index contributed by atoms with van der Waals surface area (Å²) in [6, 6.07) is 19.7. The maximum Gasteiger partial charge on any atom is 0.328 e. The molecule has 4 rings (SSSR count). The standard InChI is InChI=1S/C26H26N2O6S.C4H8O/c1-33-25(31)19(15-17-9-5-3-6-10-17)27-23(29)21-13-14-22(35-21)24(30)28-20(26(32)34-2)16-18-11-7-4-8-12-18;1-2-4-5-3-1/h3-14,19-20H,15-16H2,1-2H3,(H,27,29)(H,28,30);1-4H2/t19-,20-;/m0./s1. The molecule has 0 spiro atoms. The highest BCUT2D eigenvalue weighted by Gasteiger charge is 2.26. The Labute approximate surface area is 237 Å². The van der Waals surface area contributed by atoms with Gasteiger partial charge in [0, 0.05) is 26.1 Å². The first kappa shape index (κ1) is 30.5. The molecule has 2 heterocycles. The lowest BCUT2D eigenvalue weighted by molar-refractivity contribution is -0.143. The van der Waals surface area contributed by atoms with Crippen LogP contribution in [0, 0.1) is 0 Å². The Kier molecular flexibility index (Phi) is 12.3. The third kappa shape index (κ3) is 9.62. The molecule has 1 aliphatic rings. The minimum absolute atomic E-state index is 0.245. The third-order valence-electron chi connectivity index (χ3n) is 6.03. The minimum Gasteiger partial charge on any atom is -0.467 e. The molecule has 2 aromatic carbocycles. The second kappa shape index (κ2) is 16.2. The molecule has 2 atom stereocenters. The van der Waals surface area contributed by atoms with Gasteiger partial charge in [-0.1, -0.05) is 60.7 Å². The van der Waals surface area contributed by atoms with E-state index in [1.165, 1.54) is 39.2 Å². The van der Waals surface area contributed by atoms with Crippen LogP contribution in [0.25, 0.3) is 0 Å². The van der Waals surface area contributed by atoms with Gasteiger partial charge < -0.3 is 24.8 Å². The van der Waals surface area contributed by atoms with Crippen molar-refractivity contribution in [1.29, 1.82) is 0 Å². The van der Waals surface area contributed by atoms with Gasteiger partial charge in [0.25, 0.3) is 11.8 Å². The summed E-state index contributed by atoms with van der Waals surface area (Å²) in [4.78, 5) is 50.5. The smallest absolute Gasteiger partial charge is 0.328 e. The Morgan fingerprint density at radius 3 is 1.43 bits per heavy atom. The predicted octanol–water partition coefficient (Wildman–Crippen LogP) is 3.57. The van der Waals surface area contributed by atoms with Crippen molar-refractivity contribution in [3.8, 4) is 0 Å². The number of thiophene rings is 1. The fraction of sp³-hybridized carbons (Fsp3) is 0.333. The highest BCUT2D eigenvalue weighted by Crippen LogP contribution is 2.18. The van der Waals surface area contributed by atoms with Gasteiger partial charge in [0.1, 0.15) is 12.1 Å². The normalized spacial score (nSPS) is 13.7. The number of nitrogens with one attached hydrogen (secondary N) is 2. The molecule has 212 valence electrons. The van der Waals surface area contributed by atoms with Crippen molar-refractivity contribution in [2.75, 3.05) is 27.4 Å². The molecule has 0 saturated carbocycles. The van der Waals surface area contributed by atoms with E-state index in [1.807, 2.05) is 60.7 Å². The number of hydrogen-bond donors (Lipinski definition) is 2. The van der Waals surface area contributed by atoms with E-state index < -0.39 is 35.8 Å². The monoisotopic (exact) mass is 566 g/mol. The van der Waals surface area contributed by atoms with E-state index in [9.17, 15) is 19.2 Å². The van der Waals surface area contributed by atoms with Crippen molar-refractivity contribution in [3.05, 3.63) is 93.7 Å². The van der Waals surface area contributed by atoms with Crippen LogP contribution < -0.4 is 10.6 Å². The van der Waals surface area contributed by atoms with Crippen LogP contribution >= 0.6 is 11.3 Å². The second-order valence-corrected chi connectivity index (χ2v) is 10.0. The van der Waals surface area contributed by atoms with Gasteiger partial charge in [-0.3, -0.25) is 9.59 Å². The Hall–Kier alpha value is -4.02. The Morgan fingerprint density at radius 1 is 0.700 bits per heavy atom. The van der Waals surface area contributed by atoms with Crippen molar-refractivity contribution in [1.82, 2.24) is 10.6 Å². The molecule has 3 aromatic rings. The number of methoxy groups -OCH3 is 2. The van der Waals surface area contributed by atoms with E-state index in [4.69, 9.17) is 14.2 Å². The van der Waals surface area contributed by atoms with Crippen LogP contribution in [0.15, 0.2) is 72.8 Å². The number of ether oxygens (including phenoxy) is 3. The van der Waals surface area contributed by atoms with E-state index in [0.29, 0.717) is 0 Å². The van der Waals surface area contributed by atoms with Gasteiger partial charge >= 0.3 is 11.9 Å². The second-order valence-electron chi connectivity index (χ2n) is 8.96. The van der Waals surface area contributed by atoms with E-state index >= 15 is 0 Å². The quantitative estimate of drug-likeness (QED) is 0.360. The van der Waals surface area contributed by atoms with Gasteiger partial charge in [-0.05, 0) is 36.1 Å². The summed E-state index contributed by atoms with van der Waals surface area (Å²) in [5.74, 6) is -2.15. The van der Waals surface area contributed by atoms with Gasteiger partial charge in [-0.25, -0.2) is 9.59 Å². The average Bonchev–Trinajstić information content (AvgIpc) is 3.73. The Bertz CT molecular complexity index is 1150. The minimum atomic E-state index is -0.885. The molecule has 0 bridgehead atoms. The molecular formula is C30H34N2O7S. The maximum atomic E-state index is 12.8. The summed E-state index contributed by atoms with van der Waals surface area (Å²) in [6.07, 6.45) is 3.08. The molecule has 0 radical (unpaired) electrons. The molecule has 0 aliphatic carbocycles. The molecule has 1 aromatic heterocycles. The van der Waals surface area contributed by atoms with E-state index in [-0.39, 0.29) is 22.6 Å². The first-order chi connectivity index (χ1) is 19.4. The average molecular weight is 567 g/mol. The maximum absolute atomic E-state index is 12.8.